The number of anilines is 3. The van der Waals surface area contributed by atoms with E-state index in [9.17, 15) is 0 Å². The summed E-state index contributed by atoms with van der Waals surface area (Å²) in [4.78, 5) is 2.31. The minimum atomic E-state index is 0.726. The minimum Gasteiger partial charge on any atom is -0.456 e. The van der Waals surface area contributed by atoms with Gasteiger partial charge in [-0.05, 0) is 123 Å². The van der Waals surface area contributed by atoms with Crippen LogP contribution in [0.5, 0.6) is 0 Å². The number of hydrogen-bond acceptors (Lipinski definition) is 2. The Kier molecular flexibility index (Phi) is 8.79. The molecule has 0 amide bonds. The lowest BCUT2D eigenvalue weighted by Gasteiger charge is -2.26. The van der Waals surface area contributed by atoms with Gasteiger partial charge in [0.05, 0.1) is 11.0 Å². The summed E-state index contributed by atoms with van der Waals surface area (Å²) in [7, 11) is 0. The molecule has 0 atom stereocenters. The molecule has 0 aliphatic rings. The van der Waals surface area contributed by atoms with Crippen molar-refractivity contribution in [3.63, 3.8) is 0 Å². The van der Waals surface area contributed by atoms with Crippen LogP contribution in [0.4, 0.5) is 17.1 Å². The molecule has 3 nitrogen and oxygen atoms in total. The summed E-state index contributed by atoms with van der Waals surface area (Å²) >= 11 is 0. The summed E-state index contributed by atoms with van der Waals surface area (Å²) in [6.07, 6.45) is 1.98. The smallest absolute Gasteiger partial charge is 0.135 e. The number of benzene rings is 9. The molecule has 0 saturated heterocycles. The summed E-state index contributed by atoms with van der Waals surface area (Å²) in [5.41, 5.74) is 14.8. The molecule has 0 fully saturated rings. The van der Waals surface area contributed by atoms with Gasteiger partial charge in [0, 0.05) is 44.1 Å². The summed E-state index contributed by atoms with van der Waals surface area (Å²) in [6, 6.07) is 75.7. The fourth-order valence-electron chi connectivity index (χ4n) is 8.75. The van der Waals surface area contributed by atoms with Crippen LogP contribution in [0.3, 0.4) is 0 Å². The van der Waals surface area contributed by atoms with Crippen LogP contribution in [0.1, 0.15) is 5.56 Å². The molecule has 0 saturated carbocycles. The predicted molar refractivity (Wildman–Crippen MR) is 258 cm³/mol. The molecule has 0 radical (unpaired) electrons. The van der Waals surface area contributed by atoms with Crippen molar-refractivity contribution in [3.05, 3.63) is 235 Å². The van der Waals surface area contributed by atoms with Crippen LogP contribution in [0.25, 0.3) is 89.7 Å². The Balaban J connectivity index is 0.952. The van der Waals surface area contributed by atoms with Gasteiger partial charge in [0.2, 0.25) is 0 Å². The van der Waals surface area contributed by atoms with E-state index in [0.717, 1.165) is 66.6 Å². The van der Waals surface area contributed by atoms with Crippen LogP contribution in [0.15, 0.2) is 223 Å². The Morgan fingerprint density at radius 1 is 0.459 bits per heavy atom. The maximum atomic E-state index is 6.14. The summed E-state index contributed by atoms with van der Waals surface area (Å²) in [5, 5.41) is 6.87. The molecular weight excluding hydrogens is 741 g/mol. The number of para-hydroxylation sites is 3. The number of fused-ring (bicyclic) bond motifs is 5. The zero-order valence-corrected chi connectivity index (χ0v) is 33.5. The van der Waals surface area contributed by atoms with Gasteiger partial charge in [0.15, 0.2) is 0 Å². The SMILES string of the molecule is C=C(/C=c1/oc2ccccc2c1=C)c1ccc(N(c2ccc(-c3cccc(-n4c5ccccc5c5ccccc54)c3)cc2)c2ccc(-c3ccc4ccccc4c3)cc2)cc1. The van der Waals surface area contributed by atoms with E-state index < -0.39 is 0 Å². The highest BCUT2D eigenvalue weighted by Crippen LogP contribution is 2.39. The zero-order valence-electron chi connectivity index (χ0n) is 33.5. The van der Waals surface area contributed by atoms with Crippen LogP contribution in [-0.4, -0.2) is 4.57 Å². The monoisotopic (exact) mass is 780 g/mol. The van der Waals surface area contributed by atoms with Crippen molar-refractivity contribution >= 4 is 78.8 Å². The molecule has 2 heterocycles. The molecule has 0 N–H and O–H groups in total. The molecule has 0 spiro atoms. The average molecular weight is 781 g/mol. The molecule has 0 aliphatic heterocycles. The predicted octanol–water partition coefficient (Wildman–Crippen LogP) is 14.4. The van der Waals surface area contributed by atoms with Crippen LogP contribution >= 0.6 is 0 Å². The quantitative estimate of drug-likeness (QED) is 0.153. The molecule has 9 aromatic carbocycles. The first kappa shape index (κ1) is 36.0. The second kappa shape index (κ2) is 14.9. The maximum Gasteiger partial charge on any atom is 0.135 e. The average Bonchev–Trinajstić information content (AvgIpc) is 3.83. The normalized spacial score (nSPS) is 11.8. The molecule has 11 aromatic rings. The maximum absolute atomic E-state index is 6.14. The Labute approximate surface area is 354 Å². The van der Waals surface area contributed by atoms with Gasteiger partial charge in [-0.2, -0.15) is 0 Å². The van der Waals surface area contributed by atoms with Crippen LogP contribution < -0.4 is 15.5 Å². The third-order valence-electron chi connectivity index (χ3n) is 11.9. The first-order valence-corrected chi connectivity index (χ1v) is 20.6. The lowest BCUT2D eigenvalue weighted by Crippen LogP contribution is -2.17. The molecule has 0 aliphatic carbocycles. The van der Waals surface area contributed by atoms with E-state index in [1.54, 1.807) is 0 Å². The van der Waals surface area contributed by atoms with Crippen molar-refractivity contribution in [1.82, 2.24) is 4.57 Å². The number of hydrogen-bond donors (Lipinski definition) is 0. The Morgan fingerprint density at radius 2 is 0.984 bits per heavy atom. The number of nitrogens with zero attached hydrogens (tertiary/aromatic N) is 2. The lowest BCUT2D eigenvalue weighted by molar-refractivity contribution is 0.576. The molecule has 288 valence electrons. The zero-order chi connectivity index (χ0) is 40.9. The largest absolute Gasteiger partial charge is 0.456 e. The number of aromatic nitrogens is 1. The van der Waals surface area contributed by atoms with Crippen molar-refractivity contribution in [2.24, 2.45) is 0 Å². The van der Waals surface area contributed by atoms with E-state index in [1.165, 1.54) is 43.7 Å². The second-order valence-electron chi connectivity index (χ2n) is 15.6. The highest BCUT2D eigenvalue weighted by atomic mass is 16.3. The number of allylic oxidation sites excluding steroid dienone is 1. The lowest BCUT2D eigenvalue weighted by atomic mass is 10.0. The van der Waals surface area contributed by atoms with Crippen LogP contribution in [0.2, 0.25) is 0 Å². The minimum absolute atomic E-state index is 0.726. The van der Waals surface area contributed by atoms with E-state index in [1.807, 2.05) is 30.3 Å². The standard InChI is InChI=1S/C58H40N2O/c1-39(36-58-40(2)52-16-7-10-21-57(52)61-58)41-24-30-48(31-25-41)59(50-34-28-44(29-35-50)47-23-22-42-12-3-4-13-45(42)37-47)49-32-26-43(27-33-49)46-14-11-15-51(38-46)60-55-19-8-5-17-53(55)54-18-6-9-20-56(54)60/h3-38H,1-2H2/b58-36+. The summed E-state index contributed by atoms with van der Waals surface area (Å²) in [5.74, 6) is 0. The second-order valence-corrected chi connectivity index (χ2v) is 15.6. The van der Waals surface area contributed by atoms with Crippen LogP contribution in [-0.2, 0) is 0 Å². The van der Waals surface area contributed by atoms with Crippen molar-refractivity contribution in [2.75, 3.05) is 4.90 Å². The van der Waals surface area contributed by atoms with Crippen molar-refractivity contribution in [1.29, 1.82) is 0 Å². The van der Waals surface area contributed by atoms with Gasteiger partial charge < -0.3 is 13.9 Å². The molecular formula is C58H40N2O. The summed E-state index contributed by atoms with van der Waals surface area (Å²) < 4.78 is 8.52. The first-order chi connectivity index (χ1) is 30.1. The van der Waals surface area contributed by atoms with Crippen molar-refractivity contribution in [2.45, 2.75) is 0 Å². The first-order valence-electron chi connectivity index (χ1n) is 20.6. The van der Waals surface area contributed by atoms with E-state index >= 15 is 0 Å². The van der Waals surface area contributed by atoms with Gasteiger partial charge in [-0.15, -0.1) is 0 Å². The number of rotatable bonds is 8. The third-order valence-corrected chi connectivity index (χ3v) is 11.9. The molecule has 2 aromatic heterocycles. The van der Waals surface area contributed by atoms with Crippen LogP contribution in [0, 0.1) is 0 Å². The van der Waals surface area contributed by atoms with E-state index in [4.69, 9.17) is 4.42 Å². The van der Waals surface area contributed by atoms with Gasteiger partial charge in [-0.3, -0.25) is 0 Å². The third kappa shape index (κ3) is 6.50. The van der Waals surface area contributed by atoms with Crippen molar-refractivity contribution < 1.29 is 4.42 Å². The van der Waals surface area contributed by atoms with Gasteiger partial charge in [0.1, 0.15) is 11.0 Å². The Hall–Kier alpha value is -8.14. The van der Waals surface area contributed by atoms with Gasteiger partial charge in [-0.25, -0.2) is 0 Å². The molecule has 11 rings (SSSR count). The fourth-order valence-corrected chi connectivity index (χ4v) is 8.75. The fraction of sp³-hybridized carbons (Fsp3) is 0. The van der Waals surface area contributed by atoms with Gasteiger partial charge in [-0.1, -0.05) is 153 Å². The van der Waals surface area contributed by atoms with E-state index in [-0.39, 0.29) is 0 Å². The summed E-state index contributed by atoms with van der Waals surface area (Å²) in [6.45, 7) is 8.70. The van der Waals surface area contributed by atoms with E-state index in [0.29, 0.717) is 0 Å². The Bertz CT molecular complexity index is 3500. The van der Waals surface area contributed by atoms with Gasteiger partial charge >= 0.3 is 0 Å². The highest BCUT2D eigenvalue weighted by molar-refractivity contribution is 6.09. The molecule has 3 heteroatoms. The topological polar surface area (TPSA) is 21.3 Å². The molecule has 0 unspecified atom stereocenters. The molecule has 0 bridgehead atoms. The molecule has 61 heavy (non-hydrogen) atoms. The van der Waals surface area contributed by atoms with Gasteiger partial charge in [0.25, 0.3) is 0 Å². The van der Waals surface area contributed by atoms with E-state index in [2.05, 4.69) is 211 Å². The highest BCUT2D eigenvalue weighted by Gasteiger charge is 2.16. The van der Waals surface area contributed by atoms with Crippen molar-refractivity contribution in [3.8, 4) is 27.9 Å². The number of furan rings is 1. The Morgan fingerprint density at radius 3 is 1.62 bits per heavy atom.